The molecule has 0 radical (unpaired) electrons. The topological polar surface area (TPSA) is 168 Å². The minimum Gasteiger partial charge on any atom is -0.477 e. The molecule has 1 atom stereocenters. The lowest BCUT2D eigenvalue weighted by Gasteiger charge is -2.20. The molecule has 0 saturated carbocycles. The molecule has 13 heteroatoms. The van der Waals surface area contributed by atoms with Crippen LogP contribution in [0.15, 0.2) is 75.7 Å². The Morgan fingerprint density at radius 3 is 2.27 bits per heavy atom. The Balaban J connectivity index is 0.000000185. The molecule has 2 aromatic heterocycles. The van der Waals surface area contributed by atoms with Crippen LogP contribution in [0.3, 0.4) is 0 Å². The highest BCUT2D eigenvalue weighted by atomic mass is 79.9. The number of aryl methyl sites for hydroxylation is 1. The van der Waals surface area contributed by atoms with E-state index in [9.17, 15) is 14.4 Å². The van der Waals surface area contributed by atoms with Gasteiger partial charge in [-0.05, 0) is 88.0 Å². The second-order valence-corrected chi connectivity index (χ2v) is 15.0. The van der Waals surface area contributed by atoms with Crippen LogP contribution in [-0.2, 0) is 9.47 Å². The summed E-state index contributed by atoms with van der Waals surface area (Å²) in [5, 5.41) is 20.7. The molecule has 1 amide bonds. The van der Waals surface area contributed by atoms with Gasteiger partial charge in [-0.15, -0.1) is 11.3 Å². The van der Waals surface area contributed by atoms with Crippen molar-refractivity contribution in [3.8, 4) is 0 Å². The van der Waals surface area contributed by atoms with Crippen molar-refractivity contribution in [2.24, 2.45) is 5.73 Å². The number of amides is 1. The number of hydrogen-bond donors (Lipinski definition) is 5. The first-order chi connectivity index (χ1) is 23.0. The number of carbonyl (C=O) groups excluding carboxylic acids is 2. The number of benzene rings is 3. The van der Waals surface area contributed by atoms with Crippen LogP contribution < -0.4 is 11.1 Å². The van der Waals surface area contributed by atoms with E-state index in [0.717, 1.165) is 55.1 Å². The van der Waals surface area contributed by atoms with Gasteiger partial charge in [-0.3, -0.25) is 10.1 Å². The molecule has 0 bridgehead atoms. The molecule has 3 aromatic carbocycles. The van der Waals surface area contributed by atoms with E-state index in [1.807, 2.05) is 61.5 Å². The zero-order valence-corrected chi connectivity index (χ0v) is 31.8. The van der Waals surface area contributed by atoms with Gasteiger partial charge in [0, 0.05) is 55.9 Å². The maximum Gasteiger partial charge on any atom is 0.412 e. The van der Waals surface area contributed by atoms with E-state index in [1.54, 1.807) is 39.8 Å². The molecule has 1 saturated heterocycles. The standard InChI is InChI=1S/C13H18N2O2.C10H8BrNO.C9H5BrO2S.C4H9NO/c1-9-5-6-11(10(7-9)8-14)15-12(16)17-13(2,3)4;1-6(13)9-4-7-2-3-8(11)5-10(7)12-9;10-6-2-1-5-3-8(9(11)12)13-7(5)4-6;5-4-1-2-6-3-4/h5-8,14H,1-4H3,(H,15,16);2-5,12H,1H3;1-4H,(H,11,12);4H,1-3,5H2. The summed E-state index contributed by atoms with van der Waals surface area (Å²) in [5.41, 5.74) is 8.81. The molecule has 49 heavy (non-hydrogen) atoms. The minimum absolute atomic E-state index is 0.0623. The van der Waals surface area contributed by atoms with E-state index >= 15 is 0 Å². The van der Waals surface area contributed by atoms with Gasteiger partial charge in [0.05, 0.1) is 18.0 Å². The maximum atomic E-state index is 11.6. The van der Waals surface area contributed by atoms with Gasteiger partial charge in [0.1, 0.15) is 10.5 Å². The fourth-order valence-corrected chi connectivity index (χ4v) is 6.10. The summed E-state index contributed by atoms with van der Waals surface area (Å²) >= 11 is 8.00. The Labute approximate surface area is 306 Å². The number of carboxylic acid groups (broad SMARTS) is 1. The number of nitrogens with two attached hydrogens (primary N) is 1. The molecule has 10 nitrogen and oxygen atoms in total. The molecule has 260 valence electrons. The average Bonchev–Trinajstić information content (AvgIpc) is 3.77. The van der Waals surface area contributed by atoms with Gasteiger partial charge in [0.15, 0.2) is 5.78 Å². The summed E-state index contributed by atoms with van der Waals surface area (Å²) in [6, 6.07) is 21.0. The van der Waals surface area contributed by atoms with Gasteiger partial charge in [-0.2, -0.15) is 0 Å². The number of Topliss-reactive ketones (excluding diaryl/α,β-unsaturated/α-hetero) is 1. The number of anilines is 1. The van der Waals surface area contributed by atoms with Crippen LogP contribution in [0.1, 0.15) is 65.4 Å². The van der Waals surface area contributed by atoms with Gasteiger partial charge in [0.25, 0.3) is 0 Å². The van der Waals surface area contributed by atoms with Gasteiger partial charge >= 0.3 is 12.1 Å². The number of H-pyrrole nitrogens is 1. The molecule has 0 spiro atoms. The van der Waals surface area contributed by atoms with Crippen LogP contribution in [0.5, 0.6) is 0 Å². The first kappa shape index (κ1) is 39.6. The second kappa shape index (κ2) is 18.2. The van der Waals surface area contributed by atoms with Crippen molar-refractivity contribution in [1.29, 1.82) is 5.41 Å². The first-order valence-corrected chi connectivity index (χ1v) is 17.6. The number of thiophene rings is 1. The van der Waals surface area contributed by atoms with Crippen LogP contribution in [0.2, 0.25) is 0 Å². The highest BCUT2D eigenvalue weighted by Gasteiger charge is 2.17. The number of nitrogens with one attached hydrogen (secondary N) is 3. The SMILES string of the molecule is CC(=O)c1cc2ccc(Br)cc2[nH]1.Cc1ccc(NC(=O)OC(C)(C)C)c(C=N)c1.NC1CCOC1.O=C(O)c1cc2ccc(Br)cc2s1. The zero-order valence-electron chi connectivity index (χ0n) is 27.9. The monoisotopic (exact) mass is 814 g/mol. The average molecular weight is 817 g/mol. The Kier molecular flexibility index (Phi) is 14.7. The van der Waals surface area contributed by atoms with Crippen LogP contribution in [0, 0.1) is 12.3 Å². The van der Waals surface area contributed by atoms with Gasteiger partial charge in [-0.1, -0.05) is 55.6 Å². The quantitative estimate of drug-likeness (QED) is 0.0890. The number of carbonyl (C=O) groups is 3. The van der Waals surface area contributed by atoms with E-state index in [0.29, 0.717) is 27.9 Å². The third kappa shape index (κ3) is 13.2. The number of hydrogen-bond acceptors (Lipinski definition) is 8. The first-order valence-electron chi connectivity index (χ1n) is 15.2. The van der Waals surface area contributed by atoms with Crippen molar-refractivity contribution in [3.05, 3.63) is 97.4 Å². The van der Waals surface area contributed by atoms with E-state index in [-0.39, 0.29) is 5.78 Å². The number of ketones is 1. The minimum atomic E-state index is -0.864. The molecule has 1 unspecified atom stereocenters. The fraction of sp³-hybridized carbons (Fsp3) is 0.278. The lowest BCUT2D eigenvalue weighted by molar-refractivity contribution is 0.0634. The zero-order chi connectivity index (χ0) is 36.3. The van der Waals surface area contributed by atoms with E-state index in [2.05, 4.69) is 42.2 Å². The summed E-state index contributed by atoms with van der Waals surface area (Å²) in [6.45, 7) is 10.5. The molecule has 6 N–H and O–H groups in total. The number of aromatic nitrogens is 1. The fourth-order valence-electron chi connectivity index (χ4n) is 4.28. The van der Waals surface area contributed by atoms with Crippen molar-refractivity contribution in [2.75, 3.05) is 18.5 Å². The normalized spacial score (nSPS) is 13.6. The third-order valence-electron chi connectivity index (χ3n) is 6.62. The van der Waals surface area contributed by atoms with Crippen molar-refractivity contribution in [1.82, 2.24) is 4.98 Å². The second-order valence-electron chi connectivity index (χ2n) is 12.1. The smallest absolute Gasteiger partial charge is 0.412 e. The molecule has 0 aliphatic carbocycles. The lowest BCUT2D eigenvalue weighted by Crippen LogP contribution is -2.27. The predicted octanol–water partition coefficient (Wildman–Crippen LogP) is 9.57. The third-order valence-corrected chi connectivity index (χ3v) is 8.69. The molecular formula is C36H40Br2N4O6S. The number of aromatic amines is 1. The number of carboxylic acids is 1. The summed E-state index contributed by atoms with van der Waals surface area (Å²) in [7, 11) is 0. The number of fused-ring (bicyclic) bond motifs is 2. The Morgan fingerprint density at radius 1 is 1.04 bits per heavy atom. The Morgan fingerprint density at radius 2 is 1.71 bits per heavy atom. The van der Waals surface area contributed by atoms with Crippen molar-refractivity contribution < 1.29 is 29.0 Å². The highest BCUT2D eigenvalue weighted by Crippen LogP contribution is 2.28. The molecule has 5 aromatic rings. The largest absolute Gasteiger partial charge is 0.477 e. The molecular weight excluding hydrogens is 776 g/mol. The Bertz CT molecular complexity index is 1840. The number of aromatic carboxylic acids is 1. The molecule has 3 heterocycles. The summed E-state index contributed by atoms with van der Waals surface area (Å²) < 4.78 is 13.1. The maximum absolute atomic E-state index is 11.6. The summed E-state index contributed by atoms with van der Waals surface area (Å²) in [4.78, 5) is 36.7. The highest BCUT2D eigenvalue weighted by molar-refractivity contribution is 9.10. The van der Waals surface area contributed by atoms with E-state index < -0.39 is 17.7 Å². The van der Waals surface area contributed by atoms with E-state index in [1.165, 1.54) is 17.6 Å². The van der Waals surface area contributed by atoms with Gasteiger partial charge in [0.2, 0.25) is 0 Å². The number of rotatable bonds is 4. The number of halogens is 2. The molecule has 1 aliphatic heterocycles. The predicted molar refractivity (Wildman–Crippen MR) is 205 cm³/mol. The van der Waals surface area contributed by atoms with Crippen molar-refractivity contribution in [3.63, 3.8) is 0 Å². The van der Waals surface area contributed by atoms with Crippen LogP contribution >= 0.6 is 43.2 Å². The van der Waals surface area contributed by atoms with Crippen molar-refractivity contribution >= 4 is 93.9 Å². The summed E-state index contributed by atoms with van der Waals surface area (Å²) in [6.07, 6.45) is 1.74. The lowest BCUT2D eigenvalue weighted by atomic mass is 10.1. The number of ether oxygens (including phenoxy) is 2. The van der Waals surface area contributed by atoms with Crippen molar-refractivity contribution in [2.45, 2.75) is 52.7 Å². The molecule has 1 aliphatic rings. The summed E-state index contributed by atoms with van der Waals surface area (Å²) in [5.74, 6) is -0.801. The van der Waals surface area contributed by atoms with Crippen LogP contribution in [0.4, 0.5) is 10.5 Å². The van der Waals surface area contributed by atoms with Crippen LogP contribution in [-0.4, -0.2) is 59.0 Å². The van der Waals surface area contributed by atoms with E-state index in [4.69, 9.17) is 25.7 Å². The van der Waals surface area contributed by atoms with Crippen LogP contribution in [0.25, 0.3) is 21.0 Å². The Hall–Kier alpha value is -3.88. The molecule has 1 fully saturated rings. The van der Waals surface area contributed by atoms with Gasteiger partial charge < -0.3 is 30.7 Å². The molecule has 6 rings (SSSR count). The van der Waals surface area contributed by atoms with Gasteiger partial charge in [-0.25, -0.2) is 9.59 Å².